The van der Waals surface area contributed by atoms with Gasteiger partial charge in [-0.3, -0.25) is 9.78 Å². The highest BCUT2D eigenvalue weighted by Crippen LogP contribution is 2.30. The Kier molecular flexibility index (Phi) is 4.30. The SMILES string of the molecule is Cc1nn(C(=O)c2ccncc2)c(C)c1N=Nc1cccc2ccccc12. The Morgan fingerprint density at radius 3 is 2.48 bits per heavy atom. The average molecular weight is 355 g/mol. The number of fused-ring (bicyclic) bond motifs is 1. The number of hydrogen-bond acceptors (Lipinski definition) is 5. The molecule has 0 bridgehead atoms. The normalized spacial score (nSPS) is 11.3. The van der Waals surface area contributed by atoms with Crippen LogP contribution in [-0.4, -0.2) is 20.7 Å². The lowest BCUT2D eigenvalue weighted by Crippen LogP contribution is -2.15. The topological polar surface area (TPSA) is 72.5 Å². The number of rotatable bonds is 3. The Morgan fingerprint density at radius 2 is 1.67 bits per heavy atom. The van der Waals surface area contributed by atoms with Gasteiger partial charge in [-0.2, -0.15) is 9.78 Å². The van der Waals surface area contributed by atoms with Crippen LogP contribution < -0.4 is 0 Å². The molecule has 0 N–H and O–H groups in total. The van der Waals surface area contributed by atoms with Crippen molar-refractivity contribution in [2.45, 2.75) is 13.8 Å². The Balaban J connectivity index is 1.72. The Morgan fingerprint density at radius 1 is 0.926 bits per heavy atom. The molecule has 2 aromatic heterocycles. The predicted octanol–water partition coefficient (Wildman–Crippen LogP) is 5.15. The van der Waals surface area contributed by atoms with E-state index in [1.54, 1.807) is 24.5 Å². The highest BCUT2D eigenvalue weighted by atomic mass is 16.2. The molecule has 4 aromatic rings. The van der Waals surface area contributed by atoms with Crippen molar-refractivity contribution in [3.63, 3.8) is 0 Å². The van der Waals surface area contributed by atoms with Gasteiger partial charge in [-0.25, -0.2) is 0 Å². The molecule has 132 valence electrons. The lowest BCUT2D eigenvalue weighted by Gasteiger charge is -2.02. The smallest absolute Gasteiger partial charge is 0.267 e. The summed E-state index contributed by atoms with van der Waals surface area (Å²) in [5.74, 6) is -0.218. The summed E-state index contributed by atoms with van der Waals surface area (Å²) in [7, 11) is 0. The van der Waals surface area contributed by atoms with Crippen molar-refractivity contribution >= 4 is 28.1 Å². The van der Waals surface area contributed by atoms with Crippen LogP contribution in [0.2, 0.25) is 0 Å². The van der Waals surface area contributed by atoms with E-state index in [4.69, 9.17) is 0 Å². The van der Waals surface area contributed by atoms with Crippen molar-refractivity contribution in [1.29, 1.82) is 0 Å². The number of carbonyl (C=O) groups is 1. The summed E-state index contributed by atoms with van der Waals surface area (Å²) in [6.45, 7) is 3.64. The van der Waals surface area contributed by atoms with E-state index in [9.17, 15) is 4.79 Å². The standard InChI is InChI=1S/C21H17N5O/c1-14-20(15(2)26(25-14)21(27)17-10-12-22-13-11-17)24-23-19-9-5-7-16-6-3-4-8-18(16)19/h3-13H,1-2H3. The number of hydrogen-bond donors (Lipinski definition) is 0. The molecular formula is C21H17N5O. The minimum atomic E-state index is -0.218. The monoisotopic (exact) mass is 355 g/mol. The van der Waals surface area contributed by atoms with E-state index in [2.05, 4.69) is 20.3 Å². The Hall–Kier alpha value is -3.67. The minimum Gasteiger partial charge on any atom is -0.267 e. The van der Waals surface area contributed by atoms with Gasteiger partial charge in [0.2, 0.25) is 0 Å². The van der Waals surface area contributed by atoms with Crippen LogP contribution >= 0.6 is 0 Å². The molecule has 2 heterocycles. The first kappa shape index (κ1) is 16.8. The van der Waals surface area contributed by atoms with E-state index in [-0.39, 0.29) is 5.91 Å². The molecule has 0 radical (unpaired) electrons. The second-order valence-electron chi connectivity index (χ2n) is 6.17. The van der Waals surface area contributed by atoms with Crippen molar-refractivity contribution < 1.29 is 4.79 Å². The number of aryl methyl sites for hydroxylation is 1. The first-order valence-electron chi connectivity index (χ1n) is 8.55. The minimum absolute atomic E-state index is 0.218. The third kappa shape index (κ3) is 3.13. The predicted molar refractivity (Wildman–Crippen MR) is 104 cm³/mol. The summed E-state index contributed by atoms with van der Waals surface area (Å²) in [6, 6.07) is 17.3. The summed E-state index contributed by atoms with van der Waals surface area (Å²) < 4.78 is 1.36. The molecule has 6 heteroatoms. The quantitative estimate of drug-likeness (QED) is 0.477. The van der Waals surface area contributed by atoms with Gasteiger partial charge in [-0.15, -0.1) is 10.2 Å². The van der Waals surface area contributed by atoms with Crippen molar-refractivity contribution in [3.05, 3.63) is 83.9 Å². The highest BCUT2D eigenvalue weighted by molar-refractivity contribution is 5.96. The maximum atomic E-state index is 12.7. The lowest BCUT2D eigenvalue weighted by atomic mass is 10.1. The summed E-state index contributed by atoms with van der Waals surface area (Å²) in [5.41, 5.74) is 3.20. The molecular weight excluding hydrogens is 338 g/mol. The van der Waals surface area contributed by atoms with Crippen LogP contribution in [0.4, 0.5) is 11.4 Å². The van der Waals surface area contributed by atoms with E-state index >= 15 is 0 Å². The molecule has 2 aromatic carbocycles. The number of azo groups is 1. The third-order valence-electron chi connectivity index (χ3n) is 4.40. The number of carbonyl (C=O) groups excluding carboxylic acids is 1. The molecule has 0 spiro atoms. The van der Waals surface area contributed by atoms with Gasteiger partial charge >= 0.3 is 0 Å². The summed E-state index contributed by atoms with van der Waals surface area (Å²) >= 11 is 0. The maximum Gasteiger partial charge on any atom is 0.278 e. The van der Waals surface area contributed by atoms with Crippen molar-refractivity contribution in [3.8, 4) is 0 Å². The lowest BCUT2D eigenvalue weighted by molar-refractivity contribution is 0.0942. The zero-order valence-corrected chi connectivity index (χ0v) is 15.0. The fourth-order valence-corrected chi connectivity index (χ4v) is 2.99. The Labute approximate surface area is 156 Å². The van der Waals surface area contributed by atoms with Crippen LogP contribution in [0, 0.1) is 13.8 Å². The molecule has 0 aliphatic carbocycles. The molecule has 0 fully saturated rings. The van der Waals surface area contributed by atoms with E-state index in [0.717, 1.165) is 16.5 Å². The van der Waals surface area contributed by atoms with Crippen molar-refractivity contribution in [2.24, 2.45) is 10.2 Å². The summed E-state index contributed by atoms with van der Waals surface area (Å²) in [4.78, 5) is 16.6. The number of aromatic nitrogens is 3. The molecule has 0 atom stereocenters. The van der Waals surface area contributed by atoms with Gasteiger partial charge in [0, 0.05) is 23.3 Å². The summed E-state index contributed by atoms with van der Waals surface area (Å²) in [6.07, 6.45) is 3.17. The molecule has 0 aliphatic heterocycles. The second kappa shape index (κ2) is 6.92. The van der Waals surface area contributed by atoms with E-state index in [1.165, 1.54) is 4.68 Å². The summed E-state index contributed by atoms with van der Waals surface area (Å²) in [5, 5.41) is 15.3. The van der Waals surface area contributed by atoms with E-state index < -0.39 is 0 Å². The molecule has 0 saturated heterocycles. The first-order chi connectivity index (χ1) is 13.1. The molecule has 0 unspecified atom stereocenters. The van der Waals surface area contributed by atoms with Gasteiger partial charge in [-0.1, -0.05) is 36.4 Å². The number of pyridine rings is 1. The van der Waals surface area contributed by atoms with Crippen molar-refractivity contribution in [1.82, 2.24) is 14.8 Å². The van der Waals surface area contributed by atoms with Gasteiger partial charge < -0.3 is 0 Å². The fraction of sp³-hybridized carbons (Fsp3) is 0.0952. The van der Waals surface area contributed by atoms with Gasteiger partial charge in [0.15, 0.2) is 0 Å². The van der Waals surface area contributed by atoms with E-state index in [0.29, 0.717) is 22.6 Å². The van der Waals surface area contributed by atoms with Crippen LogP contribution in [-0.2, 0) is 0 Å². The maximum absolute atomic E-state index is 12.7. The van der Waals surface area contributed by atoms with Gasteiger partial charge in [-0.05, 0) is 37.4 Å². The van der Waals surface area contributed by atoms with Crippen LogP contribution in [0.1, 0.15) is 21.7 Å². The molecule has 0 aliphatic rings. The highest BCUT2D eigenvalue weighted by Gasteiger charge is 2.18. The number of benzene rings is 2. The average Bonchev–Trinajstić information content (AvgIpc) is 3.00. The van der Waals surface area contributed by atoms with Gasteiger partial charge in [0.25, 0.3) is 5.91 Å². The van der Waals surface area contributed by atoms with Crippen molar-refractivity contribution in [2.75, 3.05) is 0 Å². The molecule has 27 heavy (non-hydrogen) atoms. The van der Waals surface area contributed by atoms with Crippen LogP contribution in [0.3, 0.4) is 0 Å². The zero-order valence-electron chi connectivity index (χ0n) is 15.0. The molecule has 6 nitrogen and oxygen atoms in total. The third-order valence-corrected chi connectivity index (χ3v) is 4.40. The Bertz CT molecular complexity index is 1160. The van der Waals surface area contributed by atoms with Crippen LogP contribution in [0.15, 0.2) is 77.2 Å². The fourth-order valence-electron chi connectivity index (χ4n) is 2.99. The number of nitrogens with zero attached hydrogens (tertiary/aromatic N) is 5. The zero-order chi connectivity index (χ0) is 18.8. The van der Waals surface area contributed by atoms with Crippen LogP contribution in [0.5, 0.6) is 0 Å². The molecule has 0 saturated carbocycles. The molecule has 0 amide bonds. The molecule has 4 rings (SSSR count). The van der Waals surface area contributed by atoms with Crippen LogP contribution in [0.25, 0.3) is 10.8 Å². The second-order valence-corrected chi connectivity index (χ2v) is 6.17. The van der Waals surface area contributed by atoms with Gasteiger partial charge in [0.1, 0.15) is 5.69 Å². The largest absolute Gasteiger partial charge is 0.278 e. The van der Waals surface area contributed by atoms with Gasteiger partial charge in [0.05, 0.1) is 17.1 Å². The van der Waals surface area contributed by atoms with E-state index in [1.807, 2.05) is 56.3 Å². The first-order valence-corrected chi connectivity index (χ1v) is 8.55.